The lowest BCUT2D eigenvalue weighted by molar-refractivity contribution is 0.231. The predicted octanol–water partition coefficient (Wildman–Crippen LogP) is 0.432. The Morgan fingerprint density at radius 1 is 1.25 bits per heavy atom. The highest BCUT2D eigenvalue weighted by Gasteiger charge is 2.11. The van der Waals surface area contributed by atoms with Crippen molar-refractivity contribution in [3.8, 4) is 0 Å². The maximum Gasteiger partial charge on any atom is 0.307 e. The topological polar surface area (TPSA) is 37.3 Å². The first-order valence-corrected chi connectivity index (χ1v) is 6.60. The number of aryl methyl sites for hydroxylation is 1. The summed E-state index contributed by atoms with van der Waals surface area (Å²) < 4.78 is 1.90. The van der Waals surface area contributed by atoms with Crippen LogP contribution in [0.3, 0.4) is 0 Å². The lowest BCUT2D eigenvalue weighted by atomic mass is 10.3. The number of aromatic nitrogens is 1. The van der Waals surface area contributed by atoms with Gasteiger partial charge in [-0.1, -0.05) is 11.3 Å². The predicted molar refractivity (Wildman–Crippen MR) is 67.4 cm³/mol. The number of hydrogen-bond donors (Lipinski definition) is 1. The average molecular weight is 241 g/mol. The molecule has 2 heterocycles. The third-order valence-electron chi connectivity index (χ3n) is 3.22. The number of nitrogens with zero attached hydrogens (tertiary/aromatic N) is 2. The minimum absolute atomic E-state index is 0.185. The monoisotopic (exact) mass is 241 g/mol. The van der Waals surface area contributed by atoms with Crippen LogP contribution in [0.5, 0.6) is 0 Å². The summed E-state index contributed by atoms with van der Waals surface area (Å²) in [5, 5.41) is 3.33. The van der Waals surface area contributed by atoms with Gasteiger partial charge >= 0.3 is 4.87 Å². The number of thiazole rings is 1. The molecule has 0 radical (unpaired) electrons. The Labute approximate surface area is 99.9 Å². The first-order valence-electron chi connectivity index (χ1n) is 5.78. The molecule has 0 aromatic carbocycles. The Kier molecular flexibility index (Phi) is 3.78. The lowest BCUT2D eigenvalue weighted by Crippen LogP contribution is -2.44. The van der Waals surface area contributed by atoms with Crippen molar-refractivity contribution in [1.29, 1.82) is 0 Å². The van der Waals surface area contributed by atoms with Gasteiger partial charge in [-0.25, -0.2) is 0 Å². The number of piperazine rings is 1. The summed E-state index contributed by atoms with van der Waals surface area (Å²) in [6.07, 6.45) is 0. The van der Waals surface area contributed by atoms with Crippen molar-refractivity contribution in [2.45, 2.75) is 20.4 Å². The van der Waals surface area contributed by atoms with Crippen LogP contribution < -0.4 is 10.2 Å². The summed E-state index contributed by atoms with van der Waals surface area (Å²) in [6.45, 7) is 10.2. The molecule has 1 N–H and O–H groups in total. The van der Waals surface area contributed by atoms with Gasteiger partial charge < -0.3 is 9.88 Å². The van der Waals surface area contributed by atoms with E-state index in [4.69, 9.17) is 0 Å². The molecule has 1 saturated heterocycles. The van der Waals surface area contributed by atoms with Gasteiger partial charge in [-0.3, -0.25) is 9.69 Å². The second-order valence-electron chi connectivity index (χ2n) is 4.25. The molecule has 2 rings (SSSR count). The van der Waals surface area contributed by atoms with E-state index in [1.54, 1.807) is 0 Å². The maximum atomic E-state index is 11.7. The van der Waals surface area contributed by atoms with Crippen LogP contribution in [0.1, 0.15) is 10.6 Å². The SMILES string of the molecule is Cc1sc(=O)n(CCN2CCNCC2)c1C. The molecule has 0 spiro atoms. The first-order chi connectivity index (χ1) is 7.68. The summed E-state index contributed by atoms with van der Waals surface area (Å²) >= 11 is 1.36. The lowest BCUT2D eigenvalue weighted by Gasteiger charge is -2.27. The van der Waals surface area contributed by atoms with E-state index in [0.717, 1.165) is 49.8 Å². The zero-order chi connectivity index (χ0) is 11.5. The Morgan fingerprint density at radius 2 is 1.94 bits per heavy atom. The van der Waals surface area contributed by atoms with Crippen LogP contribution in [0.15, 0.2) is 4.79 Å². The van der Waals surface area contributed by atoms with E-state index in [-0.39, 0.29) is 4.87 Å². The number of rotatable bonds is 3. The van der Waals surface area contributed by atoms with Gasteiger partial charge in [0, 0.05) is 49.8 Å². The van der Waals surface area contributed by atoms with Crippen LogP contribution in [-0.4, -0.2) is 42.2 Å². The number of nitrogens with one attached hydrogen (secondary N) is 1. The molecule has 16 heavy (non-hydrogen) atoms. The molecule has 1 fully saturated rings. The molecule has 0 saturated carbocycles. The highest BCUT2D eigenvalue weighted by atomic mass is 32.1. The van der Waals surface area contributed by atoms with Gasteiger partial charge in [0.15, 0.2) is 0 Å². The minimum Gasteiger partial charge on any atom is -0.314 e. The van der Waals surface area contributed by atoms with Gasteiger partial charge in [0.2, 0.25) is 0 Å². The van der Waals surface area contributed by atoms with E-state index >= 15 is 0 Å². The molecule has 1 aliphatic rings. The van der Waals surface area contributed by atoms with Crippen LogP contribution in [0.25, 0.3) is 0 Å². The van der Waals surface area contributed by atoms with Crippen molar-refractivity contribution < 1.29 is 0 Å². The maximum absolute atomic E-state index is 11.7. The highest BCUT2D eigenvalue weighted by molar-refractivity contribution is 7.09. The summed E-state index contributed by atoms with van der Waals surface area (Å²) in [7, 11) is 0. The Morgan fingerprint density at radius 3 is 2.50 bits per heavy atom. The molecule has 0 amide bonds. The average Bonchev–Trinajstić information content (AvgIpc) is 2.53. The fraction of sp³-hybridized carbons (Fsp3) is 0.727. The molecule has 0 bridgehead atoms. The van der Waals surface area contributed by atoms with E-state index in [1.165, 1.54) is 11.3 Å². The Bertz CT molecular complexity index is 404. The summed E-state index contributed by atoms with van der Waals surface area (Å²) in [4.78, 5) is 15.4. The third kappa shape index (κ3) is 2.53. The standard InChI is InChI=1S/C11H19N3OS/c1-9-10(2)16-11(15)14(9)8-7-13-5-3-12-4-6-13/h12H,3-8H2,1-2H3. The smallest absolute Gasteiger partial charge is 0.307 e. The van der Waals surface area contributed by atoms with Gasteiger partial charge in [-0.15, -0.1) is 0 Å². The molecular formula is C11H19N3OS. The van der Waals surface area contributed by atoms with E-state index < -0.39 is 0 Å². The second kappa shape index (κ2) is 5.12. The van der Waals surface area contributed by atoms with Crippen LogP contribution >= 0.6 is 11.3 Å². The molecule has 0 unspecified atom stereocenters. The van der Waals surface area contributed by atoms with Crippen molar-refractivity contribution in [3.05, 3.63) is 20.2 Å². The van der Waals surface area contributed by atoms with Gasteiger partial charge in [0.1, 0.15) is 0 Å². The second-order valence-corrected chi connectivity index (χ2v) is 5.42. The minimum atomic E-state index is 0.185. The van der Waals surface area contributed by atoms with Crippen molar-refractivity contribution >= 4 is 11.3 Å². The number of hydrogen-bond acceptors (Lipinski definition) is 4. The van der Waals surface area contributed by atoms with E-state index in [9.17, 15) is 4.79 Å². The Hall–Kier alpha value is -0.650. The molecule has 5 heteroatoms. The molecule has 1 aliphatic heterocycles. The summed E-state index contributed by atoms with van der Waals surface area (Å²) in [5.74, 6) is 0. The molecule has 90 valence electrons. The van der Waals surface area contributed by atoms with Crippen molar-refractivity contribution in [2.24, 2.45) is 0 Å². The first kappa shape index (κ1) is 11.8. The summed E-state index contributed by atoms with van der Waals surface area (Å²) in [5.41, 5.74) is 1.13. The zero-order valence-corrected chi connectivity index (χ0v) is 10.8. The molecule has 1 aromatic rings. The summed E-state index contributed by atoms with van der Waals surface area (Å²) in [6, 6.07) is 0. The molecule has 0 atom stereocenters. The van der Waals surface area contributed by atoms with Crippen LogP contribution in [0, 0.1) is 13.8 Å². The zero-order valence-electron chi connectivity index (χ0n) is 9.95. The largest absolute Gasteiger partial charge is 0.314 e. The van der Waals surface area contributed by atoms with Crippen LogP contribution in [0.2, 0.25) is 0 Å². The van der Waals surface area contributed by atoms with Gasteiger partial charge in [0.05, 0.1) is 0 Å². The molecule has 1 aromatic heterocycles. The van der Waals surface area contributed by atoms with Crippen molar-refractivity contribution in [2.75, 3.05) is 32.7 Å². The molecule has 0 aliphatic carbocycles. The van der Waals surface area contributed by atoms with Gasteiger partial charge in [0.25, 0.3) is 0 Å². The van der Waals surface area contributed by atoms with Crippen LogP contribution in [0.4, 0.5) is 0 Å². The molecule has 4 nitrogen and oxygen atoms in total. The highest BCUT2D eigenvalue weighted by Crippen LogP contribution is 2.09. The quantitative estimate of drug-likeness (QED) is 0.834. The van der Waals surface area contributed by atoms with Gasteiger partial charge in [-0.2, -0.15) is 0 Å². The fourth-order valence-electron chi connectivity index (χ4n) is 2.02. The van der Waals surface area contributed by atoms with Crippen molar-refractivity contribution in [3.63, 3.8) is 0 Å². The molecular weight excluding hydrogens is 222 g/mol. The normalized spacial score (nSPS) is 17.9. The fourth-order valence-corrected chi connectivity index (χ4v) is 2.88. The Balaban J connectivity index is 1.96. The van der Waals surface area contributed by atoms with Crippen molar-refractivity contribution in [1.82, 2.24) is 14.8 Å². The third-order valence-corrected chi connectivity index (χ3v) is 4.22. The van der Waals surface area contributed by atoms with E-state index in [2.05, 4.69) is 10.2 Å². The van der Waals surface area contributed by atoms with E-state index in [0.29, 0.717) is 0 Å². The van der Waals surface area contributed by atoms with E-state index in [1.807, 2.05) is 18.4 Å². The van der Waals surface area contributed by atoms with Gasteiger partial charge in [-0.05, 0) is 13.8 Å². The van der Waals surface area contributed by atoms with Crippen LogP contribution in [-0.2, 0) is 6.54 Å².